The maximum Gasteiger partial charge on any atom is 0.136 e. The van der Waals surface area contributed by atoms with E-state index in [1.54, 1.807) is 0 Å². The molecule has 1 heterocycles. The minimum atomic E-state index is 0.904. The molecule has 2 heteroatoms. The zero-order valence-electron chi connectivity index (χ0n) is 26.5. The Labute approximate surface area is 280 Å². The molecular formula is C46H33NO. The van der Waals surface area contributed by atoms with Crippen LogP contribution in [0.1, 0.15) is 12.8 Å². The van der Waals surface area contributed by atoms with Crippen LogP contribution in [0.15, 0.2) is 186 Å². The molecule has 1 aliphatic rings. The van der Waals surface area contributed by atoms with Gasteiger partial charge in [0.15, 0.2) is 0 Å². The standard InChI is InChI=1S/C46H33NO/c1-3-9-32(10-4-1)34-17-23-41(24-18-34)47(40-13-5-2-6-14-40)42-25-19-35(20-26-42)39-21-27-43-44-30-38(22-28-45(44)48-46(43)31-39)37-16-15-33-11-7-8-12-36(33)29-37/h1-5,7-13,15-31H,6,14H2. The number of benzene rings is 7. The van der Waals surface area contributed by atoms with Crippen molar-refractivity contribution in [2.75, 3.05) is 4.90 Å². The highest BCUT2D eigenvalue weighted by atomic mass is 16.3. The molecule has 0 bridgehead atoms. The molecule has 0 amide bonds. The SMILES string of the molecule is C1=CCCC(N(c2ccc(-c3ccccc3)cc2)c2ccc(-c3ccc4c(c3)oc3ccc(-c5ccc6ccccc6c5)cc34)cc2)=C1. The Hall–Kier alpha value is -6.12. The van der Waals surface area contributed by atoms with Gasteiger partial charge in [-0.3, -0.25) is 0 Å². The molecular weight excluding hydrogens is 583 g/mol. The highest BCUT2D eigenvalue weighted by molar-refractivity contribution is 6.07. The van der Waals surface area contributed by atoms with E-state index in [0.717, 1.165) is 57.3 Å². The zero-order valence-corrected chi connectivity index (χ0v) is 26.5. The molecule has 0 saturated carbocycles. The van der Waals surface area contributed by atoms with Gasteiger partial charge in [0.25, 0.3) is 0 Å². The third kappa shape index (κ3) is 5.18. The molecule has 2 nitrogen and oxygen atoms in total. The van der Waals surface area contributed by atoms with E-state index in [4.69, 9.17) is 4.42 Å². The lowest BCUT2D eigenvalue weighted by molar-refractivity contribution is 0.669. The minimum absolute atomic E-state index is 0.904. The van der Waals surface area contributed by atoms with Gasteiger partial charge in [0.2, 0.25) is 0 Å². The number of fused-ring (bicyclic) bond motifs is 4. The lowest BCUT2D eigenvalue weighted by Crippen LogP contribution is -2.17. The molecule has 0 saturated heterocycles. The van der Waals surface area contributed by atoms with Crippen LogP contribution < -0.4 is 4.90 Å². The first kappa shape index (κ1) is 28.1. The summed E-state index contributed by atoms with van der Waals surface area (Å²) in [6, 6.07) is 56.7. The van der Waals surface area contributed by atoms with E-state index in [2.05, 4.69) is 181 Å². The third-order valence-electron chi connectivity index (χ3n) is 9.52. The van der Waals surface area contributed by atoms with Gasteiger partial charge in [0.1, 0.15) is 11.2 Å². The van der Waals surface area contributed by atoms with E-state index in [1.165, 1.54) is 38.7 Å². The quantitative estimate of drug-likeness (QED) is 0.185. The fourth-order valence-electron chi connectivity index (χ4n) is 7.00. The molecule has 8 aromatic rings. The molecule has 228 valence electrons. The number of anilines is 2. The monoisotopic (exact) mass is 615 g/mol. The van der Waals surface area contributed by atoms with Gasteiger partial charge in [-0.05, 0) is 118 Å². The molecule has 0 spiro atoms. The summed E-state index contributed by atoms with van der Waals surface area (Å²) in [6.45, 7) is 0. The van der Waals surface area contributed by atoms with Crippen LogP contribution >= 0.6 is 0 Å². The molecule has 48 heavy (non-hydrogen) atoms. The highest BCUT2D eigenvalue weighted by Gasteiger charge is 2.17. The van der Waals surface area contributed by atoms with E-state index in [1.807, 2.05) is 0 Å². The molecule has 0 fully saturated rings. The molecule has 0 unspecified atom stereocenters. The zero-order chi connectivity index (χ0) is 31.9. The molecule has 7 aromatic carbocycles. The van der Waals surface area contributed by atoms with Crippen molar-refractivity contribution in [3.05, 3.63) is 182 Å². The number of allylic oxidation sites excluding steroid dienone is 4. The van der Waals surface area contributed by atoms with Crippen LogP contribution in [0.25, 0.3) is 66.1 Å². The van der Waals surface area contributed by atoms with Gasteiger partial charge in [-0.2, -0.15) is 0 Å². The summed E-state index contributed by atoms with van der Waals surface area (Å²) in [6.07, 6.45) is 8.70. The number of nitrogens with zero attached hydrogens (tertiary/aromatic N) is 1. The maximum atomic E-state index is 6.39. The van der Waals surface area contributed by atoms with Gasteiger partial charge in [-0.15, -0.1) is 0 Å². The summed E-state index contributed by atoms with van der Waals surface area (Å²) < 4.78 is 6.39. The summed E-state index contributed by atoms with van der Waals surface area (Å²) in [5.41, 5.74) is 12.6. The van der Waals surface area contributed by atoms with Crippen LogP contribution in [-0.4, -0.2) is 0 Å². The Kier molecular flexibility index (Phi) is 6.98. The van der Waals surface area contributed by atoms with E-state index in [0.29, 0.717) is 0 Å². The normalized spacial score (nSPS) is 12.9. The second-order valence-corrected chi connectivity index (χ2v) is 12.5. The number of hydrogen-bond acceptors (Lipinski definition) is 2. The molecule has 9 rings (SSSR count). The average molecular weight is 616 g/mol. The summed E-state index contributed by atoms with van der Waals surface area (Å²) in [7, 11) is 0. The average Bonchev–Trinajstić information content (AvgIpc) is 3.53. The molecule has 1 aromatic heterocycles. The Morgan fingerprint density at radius 3 is 1.79 bits per heavy atom. The van der Waals surface area contributed by atoms with Gasteiger partial charge in [-0.25, -0.2) is 0 Å². The van der Waals surface area contributed by atoms with Crippen molar-refractivity contribution in [2.24, 2.45) is 0 Å². The largest absolute Gasteiger partial charge is 0.456 e. The smallest absolute Gasteiger partial charge is 0.136 e. The van der Waals surface area contributed by atoms with Crippen molar-refractivity contribution in [3.8, 4) is 33.4 Å². The topological polar surface area (TPSA) is 16.4 Å². The fraction of sp³-hybridized carbons (Fsp3) is 0.0435. The second-order valence-electron chi connectivity index (χ2n) is 12.5. The van der Waals surface area contributed by atoms with Gasteiger partial charge < -0.3 is 9.32 Å². The summed E-state index contributed by atoms with van der Waals surface area (Å²) >= 11 is 0. The van der Waals surface area contributed by atoms with E-state index < -0.39 is 0 Å². The predicted molar refractivity (Wildman–Crippen MR) is 203 cm³/mol. The Morgan fingerprint density at radius 1 is 0.438 bits per heavy atom. The van der Waals surface area contributed by atoms with E-state index >= 15 is 0 Å². The molecule has 1 aliphatic carbocycles. The van der Waals surface area contributed by atoms with Gasteiger partial charge in [-0.1, -0.05) is 115 Å². The van der Waals surface area contributed by atoms with Crippen LogP contribution in [0.2, 0.25) is 0 Å². The first-order valence-electron chi connectivity index (χ1n) is 16.6. The summed E-state index contributed by atoms with van der Waals surface area (Å²) in [5, 5.41) is 4.78. The molecule has 0 N–H and O–H groups in total. The number of hydrogen-bond donors (Lipinski definition) is 0. The Balaban J connectivity index is 1.03. The van der Waals surface area contributed by atoms with Crippen molar-refractivity contribution < 1.29 is 4.42 Å². The minimum Gasteiger partial charge on any atom is -0.456 e. The van der Waals surface area contributed by atoms with Crippen LogP contribution in [0.5, 0.6) is 0 Å². The van der Waals surface area contributed by atoms with Crippen LogP contribution in [-0.2, 0) is 0 Å². The van der Waals surface area contributed by atoms with E-state index in [-0.39, 0.29) is 0 Å². The van der Waals surface area contributed by atoms with Crippen LogP contribution in [0, 0.1) is 0 Å². The Morgan fingerprint density at radius 2 is 1.04 bits per heavy atom. The molecule has 0 radical (unpaired) electrons. The van der Waals surface area contributed by atoms with Gasteiger partial charge in [0, 0.05) is 27.8 Å². The third-order valence-corrected chi connectivity index (χ3v) is 9.52. The first-order chi connectivity index (χ1) is 23.8. The van der Waals surface area contributed by atoms with Crippen molar-refractivity contribution in [2.45, 2.75) is 12.8 Å². The van der Waals surface area contributed by atoms with Gasteiger partial charge in [0.05, 0.1) is 0 Å². The van der Waals surface area contributed by atoms with Crippen molar-refractivity contribution >= 4 is 44.1 Å². The van der Waals surface area contributed by atoms with E-state index in [9.17, 15) is 0 Å². The maximum absolute atomic E-state index is 6.39. The highest BCUT2D eigenvalue weighted by Crippen LogP contribution is 2.38. The lowest BCUT2D eigenvalue weighted by atomic mass is 9.99. The van der Waals surface area contributed by atoms with Crippen LogP contribution in [0.3, 0.4) is 0 Å². The Bertz CT molecular complexity index is 2480. The first-order valence-corrected chi connectivity index (χ1v) is 16.6. The summed E-state index contributed by atoms with van der Waals surface area (Å²) in [5.74, 6) is 0. The molecule has 0 aliphatic heterocycles. The lowest BCUT2D eigenvalue weighted by Gasteiger charge is -2.29. The molecule has 0 atom stereocenters. The predicted octanol–water partition coefficient (Wildman–Crippen LogP) is 13.1. The fourth-order valence-corrected chi connectivity index (χ4v) is 7.00. The van der Waals surface area contributed by atoms with Crippen LogP contribution in [0.4, 0.5) is 11.4 Å². The van der Waals surface area contributed by atoms with Gasteiger partial charge >= 0.3 is 0 Å². The number of furan rings is 1. The van der Waals surface area contributed by atoms with Crippen molar-refractivity contribution in [3.63, 3.8) is 0 Å². The van der Waals surface area contributed by atoms with Crippen molar-refractivity contribution in [1.82, 2.24) is 0 Å². The second kappa shape index (κ2) is 11.9. The number of rotatable bonds is 6. The van der Waals surface area contributed by atoms with Crippen molar-refractivity contribution in [1.29, 1.82) is 0 Å². The summed E-state index contributed by atoms with van der Waals surface area (Å²) in [4.78, 5) is 2.39.